The molecule has 12 heteroatoms. The molecule has 1 atom stereocenters. The molecule has 1 unspecified atom stereocenters. The van der Waals surface area contributed by atoms with Crippen LogP contribution in [0, 0.1) is 5.41 Å². The molecule has 11 nitrogen and oxygen atoms in total. The second kappa shape index (κ2) is 9.59. The monoisotopic (exact) mass is 612 g/mol. The molecule has 0 radical (unpaired) electrons. The molecule has 2 saturated heterocycles. The second-order valence-corrected chi connectivity index (χ2v) is 15.7. The number of nitrogens with zero attached hydrogens (tertiary/aromatic N) is 2. The number of hydrogen-bond acceptors (Lipinski definition) is 10. The fraction of sp³-hybridized carbons (Fsp3) is 0.719. The molecule has 2 amide bonds. The summed E-state index contributed by atoms with van der Waals surface area (Å²) in [6, 6.07) is 5.73. The van der Waals surface area contributed by atoms with Crippen LogP contribution in [0.2, 0.25) is 0 Å². The molecule has 6 rings (SSSR count). The van der Waals surface area contributed by atoms with Crippen molar-refractivity contribution in [1.82, 2.24) is 4.90 Å². The average Bonchev–Trinajstić information content (AvgIpc) is 3.32. The summed E-state index contributed by atoms with van der Waals surface area (Å²) >= 11 is 0. The van der Waals surface area contributed by atoms with Gasteiger partial charge in [0.05, 0.1) is 29.8 Å². The highest BCUT2D eigenvalue weighted by Crippen LogP contribution is 2.67. The Labute approximate surface area is 260 Å². The summed E-state index contributed by atoms with van der Waals surface area (Å²) in [4.78, 5) is 33.0. The van der Waals surface area contributed by atoms with Gasteiger partial charge in [0.2, 0.25) is 0 Å². The van der Waals surface area contributed by atoms with E-state index in [1.807, 2.05) is 45.9 Å². The maximum atomic E-state index is 13.5. The number of carbonyl (C=O) groups excluding carboxylic acids is 2. The lowest BCUT2D eigenvalue weighted by Crippen LogP contribution is -2.75. The number of fused-ring (bicyclic) bond motifs is 4. The van der Waals surface area contributed by atoms with Crippen molar-refractivity contribution in [2.24, 2.45) is 10.4 Å². The molecule has 3 fully saturated rings. The van der Waals surface area contributed by atoms with E-state index in [1.54, 1.807) is 41.5 Å². The van der Waals surface area contributed by atoms with Crippen molar-refractivity contribution >= 4 is 30.8 Å². The molecule has 0 N–H and O–H groups in total. The maximum Gasteiger partial charge on any atom is 0.494 e. The number of aliphatic imine (C=N–C) groups is 1. The van der Waals surface area contributed by atoms with E-state index in [-0.39, 0.29) is 12.6 Å². The standard InChI is InChI=1S/C32H45BN2O9/c1-26(2,3)41-24(36)35(25(37)42-27(4,5)6)23-34-32(19-39-23)21-16-20(33-43-28(7,8)29(9,10)44-33)12-13-22(21)40-31(14-11-15-31)30(32)17-38-18-30/h12-13,16H,11,14-15,17-19H2,1-10H3. The molecule has 1 aromatic carbocycles. The number of hydrogen-bond donors (Lipinski definition) is 0. The third-order valence-corrected chi connectivity index (χ3v) is 9.84. The Morgan fingerprint density at radius 1 is 0.886 bits per heavy atom. The summed E-state index contributed by atoms with van der Waals surface area (Å²) in [6.07, 6.45) is 0.821. The Balaban J connectivity index is 1.48. The van der Waals surface area contributed by atoms with Crippen LogP contribution in [0.3, 0.4) is 0 Å². The van der Waals surface area contributed by atoms with Gasteiger partial charge in [0.15, 0.2) is 0 Å². The van der Waals surface area contributed by atoms with E-state index in [9.17, 15) is 9.59 Å². The van der Waals surface area contributed by atoms with Gasteiger partial charge in [0.1, 0.15) is 34.7 Å². The first-order chi connectivity index (χ1) is 20.2. The SMILES string of the molecule is CC(C)(C)OC(=O)N(C(=O)OC(C)(C)C)C1=NC2(CO1)c1cc(B3OC(C)(C)C(C)(C)O3)ccc1OC1(CCC1)C21COC1. The van der Waals surface area contributed by atoms with Gasteiger partial charge < -0.3 is 33.0 Å². The van der Waals surface area contributed by atoms with Crippen LogP contribution in [0.25, 0.3) is 0 Å². The minimum atomic E-state index is -1.03. The van der Waals surface area contributed by atoms with E-state index < -0.39 is 58.3 Å². The highest BCUT2D eigenvalue weighted by Gasteiger charge is 2.75. The summed E-state index contributed by atoms with van der Waals surface area (Å²) in [7, 11) is -0.610. The largest absolute Gasteiger partial charge is 0.494 e. The molecular formula is C32H45BN2O9. The van der Waals surface area contributed by atoms with Crippen LogP contribution in [0.5, 0.6) is 5.75 Å². The molecule has 240 valence electrons. The van der Waals surface area contributed by atoms with Gasteiger partial charge in [0.25, 0.3) is 0 Å². The molecule has 44 heavy (non-hydrogen) atoms. The Hall–Kier alpha value is -2.83. The molecule has 3 spiro atoms. The van der Waals surface area contributed by atoms with Crippen molar-refractivity contribution in [3.05, 3.63) is 23.8 Å². The molecule has 1 aromatic rings. The van der Waals surface area contributed by atoms with Crippen LogP contribution in [0.15, 0.2) is 23.2 Å². The summed E-state index contributed by atoms with van der Waals surface area (Å²) in [5, 5.41) is 0. The second-order valence-electron chi connectivity index (χ2n) is 15.7. The fourth-order valence-corrected chi connectivity index (χ4v) is 6.66. The van der Waals surface area contributed by atoms with Gasteiger partial charge >= 0.3 is 25.3 Å². The zero-order valence-electron chi connectivity index (χ0n) is 27.6. The minimum absolute atomic E-state index is 0.0682. The van der Waals surface area contributed by atoms with Gasteiger partial charge in [-0.05, 0) is 100 Å². The molecule has 1 aliphatic carbocycles. The van der Waals surface area contributed by atoms with Gasteiger partial charge in [-0.3, -0.25) is 0 Å². The van der Waals surface area contributed by atoms with E-state index >= 15 is 0 Å². The lowest BCUT2D eigenvalue weighted by atomic mass is 9.49. The van der Waals surface area contributed by atoms with Crippen LogP contribution in [-0.2, 0) is 33.8 Å². The van der Waals surface area contributed by atoms with E-state index in [0.29, 0.717) is 19.0 Å². The van der Waals surface area contributed by atoms with E-state index in [0.717, 1.165) is 35.2 Å². The number of ether oxygens (including phenoxy) is 5. The van der Waals surface area contributed by atoms with Crippen molar-refractivity contribution in [2.75, 3.05) is 19.8 Å². The molecule has 0 bridgehead atoms. The minimum Gasteiger partial charge on any atom is -0.486 e. The third kappa shape index (κ3) is 4.62. The summed E-state index contributed by atoms with van der Waals surface area (Å²) in [5.41, 5.74) is -3.36. The smallest absolute Gasteiger partial charge is 0.486 e. The molecule has 1 saturated carbocycles. The van der Waals surface area contributed by atoms with Gasteiger partial charge in [0, 0.05) is 5.56 Å². The third-order valence-electron chi connectivity index (χ3n) is 9.84. The zero-order valence-corrected chi connectivity index (χ0v) is 27.6. The number of amidine groups is 1. The number of imide groups is 1. The number of carbonyl (C=O) groups is 2. The van der Waals surface area contributed by atoms with Crippen molar-refractivity contribution in [3.63, 3.8) is 0 Å². The van der Waals surface area contributed by atoms with Gasteiger partial charge in [-0.25, -0.2) is 14.6 Å². The van der Waals surface area contributed by atoms with Crippen LogP contribution >= 0.6 is 0 Å². The van der Waals surface area contributed by atoms with Crippen LogP contribution < -0.4 is 10.2 Å². The molecule has 4 heterocycles. The van der Waals surface area contributed by atoms with E-state index in [4.69, 9.17) is 38.0 Å². The number of rotatable bonds is 1. The first-order valence-electron chi connectivity index (χ1n) is 15.5. The quantitative estimate of drug-likeness (QED) is 0.401. The summed E-state index contributed by atoms with van der Waals surface area (Å²) in [5.74, 6) is 0.678. The van der Waals surface area contributed by atoms with Crippen molar-refractivity contribution in [1.29, 1.82) is 0 Å². The van der Waals surface area contributed by atoms with E-state index in [2.05, 4.69) is 0 Å². The Kier molecular flexibility index (Phi) is 6.79. The van der Waals surface area contributed by atoms with E-state index in [1.165, 1.54) is 0 Å². The fourth-order valence-electron chi connectivity index (χ4n) is 6.66. The predicted molar refractivity (Wildman–Crippen MR) is 162 cm³/mol. The summed E-state index contributed by atoms with van der Waals surface area (Å²) < 4.78 is 43.0. The average molecular weight is 613 g/mol. The topological polar surface area (TPSA) is 114 Å². The Morgan fingerprint density at radius 2 is 1.45 bits per heavy atom. The van der Waals surface area contributed by atoms with Crippen LogP contribution in [0.1, 0.15) is 94.1 Å². The van der Waals surface area contributed by atoms with Crippen LogP contribution in [0.4, 0.5) is 9.59 Å². The van der Waals surface area contributed by atoms with Crippen molar-refractivity contribution in [2.45, 2.75) is 122 Å². The van der Waals surface area contributed by atoms with Crippen molar-refractivity contribution < 1.29 is 42.6 Å². The first kappa shape index (κ1) is 31.2. The number of amides is 2. The normalized spacial score (nSPS) is 27.0. The maximum absolute atomic E-state index is 13.5. The Bertz CT molecular complexity index is 1360. The molecule has 5 aliphatic rings. The van der Waals surface area contributed by atoms with Gasteiger partial charge in [-0.15, -0.1) is 4.90 Å². The van der Waals surface area contributed by atoms with Gasteiger partial charge in [-0.1, -0.05) is 12.1 Å². The summed E-state index contributed by atoms with van der Waals surface area (Å²) in [6.45, 7) is 19.3. The van der Waals surface area contributed by atoms with Crippen molar-refractivity contribution in [3.8, 4) is 5.75 Å². The van der Waals surface area contributed by atoms with Crippen LogP contribution in [-0.4, -0.2) is 78.1 Å². The Morgan fingerprint density at radius 3 is 1.91 bits per heavy atom. The molecule has 4 aliphatic heterocycles. The zero-order chi connectivity index (χ0) is 32.1. The highest BCUT2D eigenvalue weighted by molar-refractivity contribution is 6.62. The highest BCUT2D eigenvalue weighted by atomic mass is 16.7. The predicted octanol–water partition coefficient (Wildman–Crippen LogP) is 5.07. The molecule has 0 aromatic heterocycles. The first-order valence-corrected chi connectivity index (χ1v) is 15.5. The lowest BCUT2D eigenvalue weighted by molar-refractivity contribution is -0.281. The molecular weight excluding hydrogens is 567 g/mol. The number of benzene rings is 1. The van der Waals surface area contributed by atoms with Gasteiger partial charge in [-0.2, -0.15) is 0 Å². The lowest BCUT2D eigenvalue weighted by Gasteiger charge is -2.66.